The molecule has 9 nitrogen and oxygen atoms in total. The Labute approximate surface area is 195 Å². The Morgan fingerprint density at radius 1 is 1.09 bits per heavy atom. The molecule has 2 unspecified atom stereocenters. The van der Waals surface area contributed by atoms with Crippen molar-refractivity contribution in [3.63, 3.8) is 0 Å². The van der Waals surface area contributed by atoms with Crippen molar-refractivity contribution in [2.45, 2.75) is 25.8 Å². The van der Waals surface area contributed by atoms with Gasteiger partial charge in [0, 0.05) is 13.1 Å². The van der Waals surface area contributed by atoms with Crippen LogP contribution in [0.15, 0.2) is 48.5 Å². The molecule has 1 saturated heterocycles. The molecule has 1 aliphatic heterocycles. The van der Waals surface area contributed by atoms with Gasteiger partial charge in [0.25, 0.3) is 11.3 Å². The first-order valence-corrected chi connectivity index (χ1v) is 11.7. The quantitative estimate of drug-likeness (QED) is 0.559. The average molecular weight is 477 g/mol. The van der Waals surface area contributed by atoms with Gasteiger partial charge in [-0.3, -0.25) is 8.86 Å². The Kier molecular flexibility index (Phi) is 8.29. The molecule has 1 fully saturated rings. The maximum atomic E-state index is 12.2. The highest BCUT2D eigenvalue weighted by Gasteiger charge is 2.39. The Hall–Kier alpha value is -3.11. The van der Waals surface area contributed by atoms with Gasteiger partial charge in [-0.1, -0.05) is 24.3 Å². The number of anilines is 1. The number of likely N-dealkylation sites (tertiary alicyclic amines) is 1. The summed E-state index contributed by atoms with van der Waals surface area (Å²) < 4.78 is 33.4. The van der Waals surface area contributed by atoms with Crippen LogP contribution in [0.2, 0.25) is 0 Å². The minimum absolute atomic E-state index is 0.264. The lowest BCUT2D eigenvalue weighted by Gasteiger charge is -2.37. The lowest BCUT2D eigenvalue weighted by Crippen LogP contribution is -2.51. The number of benzene rings is 2. The van der Waals surface area contributed by atoms with Crippen LogP contribution in [0.3, 0.4) is 0 Å². The molecule has 0 bridgehead atoms. The molecule has 0 radical (unpaired) electrons. The summed E-state index contributed by atoms with van der Waals surface area (Å²) in [5.74, 6) is -0.868. The van der Waals surface area contributed by atoms with E-state index in [2.05, 4.69) is 0 Å². The summed E-state index contributed by atoms with van der Waals surface area (Å²) in [5, 5.41) is 9.94. The van der Waals surface area contributed by atoms with Gasteiger partial charge in [0.1, 0.15) is 11.8 Å². The van der Waals surface area contributed by atoms with Crippen molar-refractivity contribution in [1.29, 1.82) is 0 Å². The van der Waals surface area contributed by atoms with E-state index in [0.29, 0.717) is 31.6 Å². The second kappa shape index (κ2) is 11.2. The topological polar surface area (TPSA) is 117 Å². The largest absolute Gasteiger partial charge is 0.497 e. The summed E-state index contributed by atoms with van der Waals surface area (Å²) >= 11 is -2.55. The zero-order valence-corrected chi connectivity index (χ0v) is 19.4. The van der Waals surface area contributed by atoms with Gasteiger partial charge in [0.05, 0.1) is 19.4 Å². The normalized spacial score (nSPS) is 16.0. The van der Waals surface area contributed by atoms with E-state index >= 15 is 0 Å². The summed E-state index contributed by atoms with van der Waals surface area (Å²) in [5.41, 5.74) is 2.13. The van der Waals surface area contributed by atoms with Crippen LogP contribution in [0.4, 0.5) is 10.5 Å². The third-order valence-corrected chi connectivity index (χ3v) is 6.51. The van der Waals surface area contributed by atoms with Gasteiger partial charge in [-0.25, -0.2) is 13.8 Å². The standard InChI is InChI=1S/C23H28N2O7S/c1-3-32-23(28)24-14-12-18(13-15-24)21(22(26)27)25(33(29)30)19-8-4-16(5-9-19)17-6-10-20(31-2)11-7-17/h4-11,18,21H,3,12-15H2,1-2H3,(H,26,27)(H,29,30). The minimum Gasteiger partial charge on any atom is -0.497 e. The predicted octanol–water partition coefficient (Wildman–Crippen LogP) is 3.63. The molecule has 0 saturated carbocycles. The second-order valence-corrected chi connectivity index (χ2v) is 8.49. The number of rotatable bonds is 8. The van der Waals surface area contributed by atoms with Crippen LogP contribution in [0.1, 0.15) is 19.8 Å². The first kappa shape index (κ1) is 24.5. The summed E-state index contributed by atoms with van der Waals surface area (Å²) in [6.07, 6.45) is 0.334. The number of nitrogens with zero attached hydrogens (tertiary/aromatic N) is 2. The summed E-state index contributed by atoms with van der Waals surface area (Å²) in [7, 11) is 1.59. The molecule has 178 valence electrons. The van der Waals surface area contributed by atoms with Gasteiger partial charge >= 0.3 is 12.1 Å². The van der Waals surface area contributed by atoms with Crippen molar-refractivity contribution in [1.82, 2.24) is 4.90 Å². The van der Waals surface area contributed by atoms with Gasteiger partial charge in [0.2, 0.25) is 0 Å². The molecule has 2 aromatic rings. The van der Waals surface area contributed by atoms with Gasteiger partial charge in [0.15, 0.2) is 0 Å². The van der Waals surface area contributed by atoms with E-state index in [9.17, 15) is 23.5 Å². The predicted molar refractivity (Wildman–Crippen MR) is 124 cm³/mol. The molecular weight excluding hydrogens is 448 g/mol. The van der Waals surface area contributed by atoms with Crippen molar-refractivity contribution in [3.8, 4) is 16.9 Å². The average Bonchev–Trinajstić information content (AvgIpc) is 2.82. The highest BCUT2D eigenvalue weighted by Crippen LogP contribution is 2.31. The van der Waals surface area contributed by atoms with Crippen LogP contribution in [-0.2, 0) is 20.8 Å². The van der Waals surface area contributed by atoms with Crippen LogP contribution in [-0.4, -0.2) is 63.7 Å². The molecule has 33 heavy (non-hydrogen) atoms. The zero-order chi connectivity index (χ0) is 24.0. The number of carbonyl (C=O) groups excluding carboxylic acids is 1. The number of aliphatic carboxylic acids is 1. The highest BCUT2D eigenvalue weighted by molar-refractivity contribution is 7.80. The van der Waals surface area contributed by atoms with Crippen LogP contribution >= 0.6 is 0 Å². The van der Waals surface area contributed by atoms with E-state index in [-0.39, 0.29) is 6.61 Å². The molecule has 1 amide bonds. The minimum atomic E-state index is -2.55. The number of carboxylic acids is 1. The van der Waals surface area contributed by atoms with E-state index in [1.807, 2.05) is 24.3 Å². The van der Waals surface area contributed by atoms with Crippen molar-refractivity contribution in [2.75, 3.05) is 31.1 Å². The number of amides is 1. The highest BCUT2D eigenvalue weighted by atomic mass is 32.2. The molecule has 2 aromatic carbocycles. The SMILES string of the molecule is CCOC(=O)N1CCC(C(C(=O)O)N(c2ccc(-c3ccc(OC)cc3)cc2)S(=O)O)CC1. The van der Waals surface area contributed by atoms with Gasteiger partial charge in [-0.15, -0.1) is 0 Å². The number of methoxy groups -OCH3 is 1. The Bertz CT molecular complexity index is 973. The number of hydrogen-bond acceptors (Lipinski definition) is 5. The Morgan fingerprint density at radius 2 is 1.64 bits per heavy atom. The number of hydrogen-bond donors (Lipinski definition) is 2. The van der Waals surface area contributed by atoms with Gasteiger partial charge < -0.3 is 19.5 Å². The molecule has 2 N–H and O–H groups in total. The fourth-order valence-corrected chi connectivity index (χ4v) is 4.80. The lowest BCUT2D eigenvalue weighted by molar-refractivity contribution is -0.140. The van der Waals surface area contributed by atoms with Crippen LogP contribution in [0.5, 0.6) is 5.75 Å². The summed E-state index contributed by atoms with van der Waals surface area (Å²) in [4.78, 5) is 25.6. The molecule has 0 aromatic heterocycles. The van der Waals surface area contributed by atoms with Crippen LogP contribution in [0.25, 0.3) is 11.1 Å². The summed E-state index contributed by atoms with van der Waals surface area (Å²) in [6.45, 7) is 2.64. The Balaban J connectivity index is 1.80. The van der Waals surface area contributed by atoms with Gasteiger partial charge in [-0.2, -0.15) is 0 Å². The number of carbonyl (C=O) groups is 2. The van der Waals surface area contributed by atoms with E-state index in [1.165, 1.54) is 4.90 Å². The first-order valence-electron chi connectivity index (χ1n) is 10.6. The molecule has 2 atom stereocenters. The third-order valence-electron chi connectivity index (χ3n) is 5.73. The molecule has 0 aliphatic carbocycles. The van der Waals surface area contributed by atoms with E-state index in [4.69, 9.17) is 9.47 Å². The van der Waals surface area contributed by atoms with Crippen molar-refractivity contribution in [3.05, 3.63) is 48.5 Å². The van der Waals surface area contributed by atoms with E-state index in [0.717, 1.165) is 21.2 Å². The number of ether oxygens (including phenoxy) is 2. The molecule has 3 rings (SSSR count). The van der Waals surface area contributed by atoms with Crippen molar-refractivity contribution < 1.29 is 32.9 Å². The van der Waals surface area contributed by atoms with Gasteiger partial charge in [-0.05, 0) is 61.1 Å². The zero-order valence-electron chi connectivity index (χ0n) is 18.5. The smallest absolute Gasteiger partial charge is 0.409 e. The number of piperidine rings is 1. The molecule has 10 heteroatoms. The number of carboxylic acid groups (broad SMARTS) is 1. The van der Waals surface area contributed by atoms with Crippen LogP contribution < -0.4 is 9.04 Å². The fraction of sp³-hybridized carbons (Fsp3) is 0.391. The Morgan fingerprint density at radius 3 is 2.09 bits per heavy atom. The second-order valence-electron chi connectivity index (χ2n) is 7.64. The molecule has 1 heterocycles. The maximum absolute atomic E-state index is 12.2. The monoisotopic (exact) mass is 476 g/mol. The summed E-state index contributed by atoms with van der Waals surface area (Å²) in [6, 6.07) is 13.1. The maximum Gasteiger partial charge on any atom is 0.409 e. The van der Waals surface area contributed by atoms with Crippen molar-refractivity contribution >= 4 is 29.0 Å². The van der Waals surface area contributed by atoms with Crippen molar-refractivity contribution in [2.24, 2.45) is 5.92 Å². The lowest BCUT2D eigenvalue weighted by atomic mass is 9.89. The molecule has 0 spiro atoms. The fourth-order valence-electron chi connectivity index (χ4n) is 4.04. The third kappa shape index (κ3) is 5.82. The van der Waals surface area contributed by atoms with E-state index in [1.54, 1.807) is 38.3 Å². The molecule has 1 aliphatic rings. The molecular formula is C23H28N2O7S. The van der Waals surface area contributed by atoms with E-state index < -0.39 is 35.3 Å². The first-order chi connectivity index (χ1) is 15.8. The van der Waals surface area contributed by atoms with Crippen LogP contribution in [0, 0.1) is 5.92 Å².